The van der Waals surface area contributed by atoms with Crippen LogP contribution in [0.2, 0.25) is 0 Å². The molecule has 0 aliphatic heterocycles. The molecule has 0 unspecified atom stereocenters. The summed E-state index contributed by atoms with van der Waals surface area (Å²) in [6.45, 7) is 0.254. The third-order valence-corrected chi connectivity index (χ3v) is 2.23. The molecule has 0 amide bonds. The van der Waals surface area contributed by atoms with Crippen LogP contribution in [0.5, 0.6) is 5.75 Å². The van der Waals surface area contributed by atoms with E-state index in [1.54, 1.807) is 6.20 Å². The third-order valence-electron chi connectivity index (χ3n) is 2.23. The second kappa shape index (κ2) is 4.22. The van der Waals surface area contributed by atoms with E-state index in [1.165, 1.54) is 22.9 Å². The molecule has 1 aromatic carbocycles. The zero-order chi connectivity index (χ0) is 12.4. The number of aromatic hydroxyl groups is 1. The Morgan fingerprint density at radius 3 is 2.82 bits per heavy atom. The van der Waals surface area contributed by atoms with Crippen LogP contribution >= 0.6 is 0 Å². The fraction of sp³-hybridized carbons (Fsp3) is 0.100. The van der Waals surface area contributed by atoms with Gasteiger partial charge >= 0.3 is 5.97 Å². The SMILES string of the molecule is NCc1cn(-c2ccc(O)c(C(=O)O)c2)nn1. The van der Waals surface area contributed by atoms with Crippen molar-refractivity contribution in [3.63, 3.8) is 0 Å². The number of hydrogen-bond acceptors (Lipinski definition) is 5. The highest BCUT2D eigenvalue weighted by Crippen LogP contribution is 2.20. The molecule has 0 fully saturated rings. The number of hydrogen-bond donors (Lipinski definition) is 3. The first-order valence-electron chi connectivity index (χ1n) is 4.80. The van der Waals surface area contributed by atoms with Crippen molar-refractivity contribution in [2.24, 2.45) is 5.73 Å². The van der Waals surface area contributed by atoms with Crippen molar-refractivity contribution in [2.75, 3.05) is 0 Å². The van der Waals surface area contributed by atoms with Crippen LogP contribution in [-0.2, 0) is 6.54 Å². The topological polar surface area (TPSA) is 114 Å². The summed E-state index contributed by atoms with van der Waals surface area (Å²) >= 11 is 0. The molecule has 0 aliphatic rings. The quantitative estimate of drug-likeness (QED) is 0.695. The largest absolute Gasteiger partial charge is 0.507 e. The van der Waals surface area contributed by atoms with Gasteiger partial charge in [-0.05, 0) is 18.2 Å². The predicted octanol–water partition coefficient (Wildman–Crippen LogP) is 0.130. The van der Waals surface area contributed by atoms with Crippen molar-refractivity contribution in [3.05, 3.63) is 35.7 Å². The molecule has 0 aliphatic carbocycles. The Labute approximate surface area is 96.1 Å². The lowest BCUT2D eigenvalue weighted by molar-refractivity contribution is 0.0693. The summed E-state index contributed by atoms with van der Waals surface area (Å²) in [7, 11) is 0. The maximum Gasteiger partial charge on any atom is 0.339 e. The molecule has 4 N–H and O–H groups in total. The van der Waals surface area contributed by atoms with Crippen molar-refractivity contribution < 1.29 is 15.0 Å². The molecule has 0 saturated carbocycles. The van der Waals surface area contributed by atoms with E-state index in [0.29, 0.717) is 11.4 Å². The Morgan fingerprint density at radius 1 is 1.47 bits per heavy atom. The van der Waals surface area contributed by atoms with Gasteiger partial charge in [0.1, 0.15) is 11.3 Å². The molecule has 1 heterocycles. The second-order valence-corrected chi connectivity index (χ2v) is 3.37. The number of carboxylic acids is 1. The minimum absolute atomic E-state index is 0.188. The minimum Gasteiger partial charge on any atom is -0.507 e. The zero-order valence-corrected chi connectivity index (χ0v) is 8.74. The first-order chi connectivity index (χ1) is 8.11. The number of rotatable bonds is 3. The summed E-state index contributed by atoms with van der Waals surface area (Å²) in [5.41, 5.74) is 6.29. The van der Waals surface area contributed by atoms with Gasteiger partial charge in [-0.15, -0.1) is 5.10 Å². The van der Waals surface area contributed by atoms with E-state index in [1.807, 2.05) is 0 Å². The van der Waals surface area contributed by atoms with Crippen molar-refractivity contribution in [1.82, 2.24) is 15.0 Å². The number of benzene rings is 1. The molecule has 1 aromatic heterocycles. The van der Waals surface area contributed by atoms with Gasteiger partial charge in [0.15, 0.2) is 0 Å². The van der Waals surface area contributed by atoms with Crippen LogP contribution in [-0.4, -0.2) is 31.2 Å². The summed E-state index contributed by atoms with van der Waals surface area (Å²) in [5.74, 6) is -1.50. The van der Waals surface area contributed by atoms with E-state index < -0.39 is 5.97 Å². The maximum atomic E-state index is 10.8. The second-order valence-electron chi connectivity index (χ2n) is 3.37. The van der Waals surface area contributed by atoms with Crippen LogP contribution in [0.4, 0.5) is 0 Å². The van der Waals surface area contributed by atoms with Gasteiger partial charge in [0.05, 0.1) is 17.6 Å². The summed E-state index contributed by atoms with van der Waals surface area (Å²) in [6, 6.07) is 4.14. The Morgan fingerprint density at radius 2 is 2.24 bits per heavy atom. The van der Waals surface area contributed by atoms with E-state index in [9.17, 15) is 9.90 Å². The standard InChI is InChI=1S/C10H10N4O3/c11-4-6-5-14(13-12-6)7-1-2-9(15)8(3-7)10(16)17/h1-3,5,15H,4,11H2,(H,16,17). The number of aromatic carboxylic acids is 1. The Bertz CT molecular complexity index is 564. The molecule has 0 bridgehead atoms. The summed E-state index contributed by atoms with van der Waals surface area (Å²) in [6.07, 6.45) is 1.60. The molecular weight excluding hydrogens is 224 g/mol. The average Bonchev–Trinajstić information content (AvgIpc) is 2.78. The fourth-order valence-electron chi connectivity index (χ4n) is 1.36. The lowest BCUT2D eigenvalue weighted by Crippen LogP contribution is -2.01. The smallest absolute Gasteiger partial charge is 0.339 e. The van der Waals surface area contributed by atoms with Crippen molar-refractivity contribution in [3.8, 4) is 11.4 Å². The number of aromatic nitrogens is 3. The van der Waals surface area contributed by atoms with Crippen molar-refractivity contribution in [2.45, 2.75) is 6.54 Å². The first-order valence-corrected chi connectivity index (χ1v) is 4.80. The molecule has 17 heavy (non-hydrogen) atoms. The van der Waals surface area contributed by atoms with Crippen LogP contribution in [0, 0.1) is 0 Å². The van der Waals surface area contributed by atoms with E-state index in [-0.39, 0.29) is 17.9 Å². The Kier molecular flexibility index (Phi) is 2.75. The summed E-state index contributed by atoms with van der Waals surface area (Å²) in [4.78, 5) is 10.8. The summed E-state index contributed by atoms with van der Waals surface area (Å²) < 4.78 is 1.40. The highest BCUT2D eigenvalue weighted by Gasteiger charge is 2.11. The lowest BCUT2D eigenvalue weighted by atomic mass is 10.2. The van der Waals surface area contributed by atoms with Crippen LogP contribution in [0.25, 0.3) is 5.69 Å². The molecule has 7 heteroatoms. The van der Waals surface area contributed by atoms with E-state index in [4.69, 9.17) is 10.8 Å². The monoisotopic (exact) mass is 234 g/mol. The third kappa shape index (κ3) is 2.08. The normalized spacial score (nSPS) is 10.4. The molecule has 0 radical (unpaired) electrons. The van der Waals surface area contributed by atoms with Gasteiger partial charge in [-0.3, -0.25) is 0 Å². The van der Waals surface area contributed by atoms with Crippen molar-refractivity contribution in [1.29, 1.82) is 0 Å². The number of carboxylic acid groups (broad SMARTS) is 1. The number of nitrogens with two attached hydrogens (primary N) is 1. The highest BCUT2D eigenvalue weighted by molar-refractivity contribution is 5.91. The van der Waals surface area contributed by atoms with Crippen LogP contribution in [0.3, 0.4) is 0 Å². The van der Waals surface area contributed by atoms with Gasteiger partial charge in [-0.2, -0.15) is 0 Å². The maximum absolute atomic E-state index is 10.8. The van der Waals surface area contributed by atoms with Gasteiger partial charge in [-0.1, -0.05) is 5.21 Å². The summed E-state index contributed by atoms with van der Waals surface area (Å²) in [5, 5.41) is 25.8. The molecule has 2 aromatic rings. The van der Waals surface area contributed by atoms with Gasteiger partial charge in [0.25, 0.3) is 0 Å². The highest BCUT2D eigenvalue weighted by atomic mass is 16.4. The van der Waals surface area contributed by atoms with Gasteiger partial charge in [-0.25, -0.2) is 9.48 Å². The molecule has 0 atom stereocenters. The molecule has 0 saturated heterocycles. The van der Waals surface area contributed by atoms with Gasteiger partial charge in [0, 0.05) is 6.54 Å². The van der Waals surface area contributed by atoms with Gasteiger partial charge < -0.3 is 15.9 Å². The number of nitrogens with zero attached hydrogens (tertiary/aromatic N) is 3. The van der Waals surface area contributed by atoms with Crippen molar-refractivity contribution >= 4 is 5.97 Å². The van der Waals surface area contributed by atoms with Crippen LogP contribution in [0.1, 0.15) is 16.1 Å². The van der Waals surface area contributed by atoms with E-state index in [2.05, 4.69) is 10.3 Å². The molecule has 0 spiro atoms. The van der Waals surface area contributed by atoms with Crippen LogP contribution < -0.4 is 5.73 Å². The molecule has 7 nitrogen and oxygen atoms in total. The molecule has 88 valence electrons. The minimum atomic E-state index is -1.21. The first kappa shape index (κ1) is 11.1. The number of phenols is 1. The molecular formula is C10H10N4O3. The Balaban J connectivity index is 2.46. The number of carbonyl (C=O) groups is 1. The van der Waals surface area contributed by atoms with Crippen LogP contribution in [0.15, 0.2) is 24.4 Å². The Hall–Kier alpha value is -2.41. The predicted molar refractivity (Wildman–Crippen MR) is 57.9 cm³/mol. The van der Waals surface area contributed by atoms with Gasteiger partial charge in [0.2, 0.25) is 0 Å². The fourth-order valence-corrected chi connectivity index (χ4v) is 1.36. The lowest BCUT2D eigenvalue weighted by Gasteiger charge is -2.03. The van der Waals surface area contributed by atoms with E-state index in [0.717, 1.165) is 0 Å². The molecule has 2 rings (SSSR count). The average molecular weight is 234 g/mol. The van der Waals surface area contributed by atoms with E-state index >= 15 is 0 Å². The zero-order valence-electron chi connectivity index (χ0n) is 8.74.